The Kier molecular flexibility index (Phi) is 5.83. The molecule has 0 N–H and O–H groups in total. The number of hydrogen-bond donors (Lipinski definition) is 0. The summed E-state index contributed by atoms with van der Waals surface area (Å²) in [6.07, 6.45) is -16.6. The first kappa shape index (κ1) is 28.1. The van der Waals surface area contributed by atoms with E-state index >= 15 is 0 Å². The van der Waals surface area contributed by atoms with Crippen LogP contribution in [0.25, 0.3) is 11.1 Å². The van der Waals surface area contributed by atoms with E-state index in [1.165, 1.54) is 24.3 Å². The molecule has 0 fully saturated rings. The number of para-hydroxylation sites is 2. The Balaban J connectivity index is 1.65. The fourth-order valence-electron chi connectivity index (χ4n) is 6.77. The third-order valence-corrected chi connectivity index (χ3v) is 8.32. The standard InChI is InChI=1S/C34H18F9N/c35-32(36,37)19-17-26(33(38,39)40)30(27(18-19)34(41,42)43)44-28-15-7-5-13-24(28)31(25-14-6-8-16-29(25)44)22-11-3-1-9-20(22)21-10-2-4-12-23(21)31/h1-18H. The molecule has 44 heavy (non-hydrogen) atoms. The van der Waals surface area contributed by atoms with Crippen LogP contribution in [0.4, 0.5) is 56.6 Å². The molecule has 222 valence electrons. The minimum Gasteiger partial charge on any atom is -0.309 e. The number of fused-ring (bicyclic) bond motifs is 9. The highest BCUT2D eigenvalue weighted by atomic mass is 19.4. The molecule has 0 atom stereocenters. The second kappa shape index (κ2) is 9.14. The van der Waals surface area contributed by atoms with Crippen LogP contribution >= 0.6 is 0 Å². The highest BCUT2D eigenvalue weighted by Crippen LogP contribution is 2.64. The molecule has 0 radical (unpaired) electrons. The van der Waals surface area contributed by atoms with Gasteiger partial charge in [-0.15, -0.1) is 0 Å². The van der Waals surface area contributed by atoms with Crippen molar-refractivity contribution in [3.8, 4) is 11.1 Å². The predicted octanol–water partition coefficient (Wildman–Crippen LogP) is 10.9. The molecule has 1 spiro atoms. The third kappa shape index (κ3) is 3.82. The Morgan fingerprint density at radius 2 is 0.795 bits per heavy atom. The van der Waals surface area contributed by atoms with Crippen LogP contribution in [0.5, 0.6) is 0 Å². The molecular weight excluding hydrogens is 593 g/mol. The number of alkyl halides is 9. The van der Waals surface area contributed by atoms with Crippen LogP contribution < -0.4 is 4.90 Å². The summed E-state index contributed by atoms with van der Waals surface area (Å²) in [6, 6.07) is 26.7. The van der Waals surface area contributed by atoms with Crippen LogP contribution in [0.1, 0.15) is 38.9 Å². The maximum absolute atomic E-state index is 14.6. The molecule has 0 bridgehead atoms. The lowest BCUT2D eigenvalue weighted by atomic mass is 9.64. The minimum absolute atomic E-state index is 0.0199. The number of nitrogens with zero attached hydrogens (tertiary/aromatic N) is 1. The number of benzene rings is 5. The van der Waals surface area contributed by atoms with Crippen LogP contribution in [-0.4, -0.2) is 0 Å². The molecule has 0 amide bonds. The van der Waals surface area contributed by atoms with Gasteiger partial charge < -0.3 is 4.90 Å². The molecule has 0 saturated carbocycles. The van der Waals surface area contributed by atoms with Gasteiger partial charge in [0.1, 0.15) is 0 Å². The van der Waals surface area contributed by atoms with Gasteiger partial charge in [0, 0.05) is 0 Å². The summed E-state index contributed by atoms with van der Waals surface area (Å²) in [5, 5.41) is 0. The average molecular weight is 612 g/mol. The lowest BCUT2D eigenvalue weighted by Gasteiger charge is -2.46. The molecule has 5 aromatic rings. The van der Waals surface area contributed by atoms with E-state index in [2.05, 4.69) is 0 Å². The van der Waals surface area contributed by atoms with Crippen molar-refractivity contribution >= 4 is 17.1 Å². The average Bonchev–Trinajstić information content (AvgIpc) is 3.27. The molecule has 1 aliphatic carbocycles. The molecule has 0 unspecified atom stereocenters. The molecular formula is C34H18F9N. The Morgan fingerprint density at radius 3 is 1.18 bits per heavy atom. The zero-order valence-corrected chi connectivity index (χ0v) is 22.2. The van der Waals surface area contributed by atoms with E-state index in [-0.39, 0.29) is 23.5 Å². The number of halogens is 9. The van der Waals surface area contributed by atoms with Gasteiger partial charge in [-0.3, -0.25) is 0 Å². The van der Waals surface area contributed by atoms with E-state index in [1.54, 1.807) is 24.3 Å². The Morgan fingerprint density at radius 1 is 0.432 bits per heavy atom. The summed E-state index contributed by atoms with van der Waals surface area (Å²) >= 11 is 0. The van der Waals surface area contributed by atoms with Crippen molar-refractivity contribution < 1.29 is 39.5 Å². The molecule has 7 rings (SSSR count). The summed E-state index contributed by atoms with van der Waals surface area (Å²) in [5.41, 5.74) is -4.72. The van der Waals surface area contributed by atoms with Gasteiger partial charge >= 0.3 is 18.5 Å². The third-order valence-electron chi connectivity index (χ3n) is 8.32. The predicted molar refractivity (Wildman–Crippen MR) is 147 cm³/mol. The summed E-state index contributed by atoms with van der Waals surface area (Å²) in [4.78, 5) is 0.811. The van der Waals surface area contributed by atoms with Crippen LogP contribution in [-0.2, 0) is 23.9 Å². The minimum atomic E-state index is -5.57. The molecule has 1 nitrogen and oxygen atoms in total. The van der Waals surface area contributed by atoms with Gasteiger partial charge in [0.25, 0.3) is 0 Å². The zero-order valence-electron chi connectivity index (χ0n) is 22.2. The van der Waals surface area contributed by atoms with Gasteiger partial charge in [-0.05, 0) is 57.6 Å². The lowest BCUT2D eigenvalue weighted by Crippen LogP contribution is -2.37. The van der Waals surface area contributed by atoms with Crippen molar-refractivity contribution in [3.63, 3.8) is 0 Å². The summed E-state index contributed by atoms with van der Waals surface area (Å²) in [6.45, 7) is 0. The molecule has 1 heterocycles. The molecule has 0 aromatic heterocycles. The van der Waals surface area contributed by atoms with Crippen LogP contribution in [0.2, 0.25) is 0 Å². The number of rotatable bonds is 1. The van der Waals surface area contributed by atoms with Gasteiger partial charge in [-0.25, -0.2) is 0 Å². The van der Waals surface area contributed by atoms with Crippen LogP contribution in [0.3, 0.4) is 0 Å². The lowest BCUT2D eigenvalue weighted by molar-refractivity contribution is -0.147. The van der Waals surface area contributed by atoms with Crippen molar-refractivity contribution in [2.24, 2.45) is 0 Å². The topological polar surface area (TPSA) is 3.24 Å². The second-order valence-electron chi connectivity index (χ2n) is 10.6. The van der Waals surface area contributed by atoms with Gasteiger partial charge in [0.2, 0.25) is 0 Å². The Labute approximate surface area is 244 Å². The van der Waals surface area contributed by atoms with E-state index in [4.69, 9.17) is 0 Å². The Hall–Kier alpha value is -4.73. The normalized spacial score (nSPS) is 15.1. The van der Waals surface area contributed by atoms with Crippen LogP contribution in [0, 0.1) is 0 Å². The molecule has 2 aliphatic rings. The monoisotopic (exact) mass is 611 g/mol. The number of anilines is 3. The SMILES string of the molecule is FC(F)(F)c1cc(C(F)(F)F)c(N2c3ccccc3C3(c4ccccc4-c4ccccc43)c3ccccc32)c(C(F)(F)F)c1. The first-order chi connectivity index (χ1) is 20.8. The first-order valence-electron chi connectivity index (χ1n) is 13.3. The van der Waals surface area contributed by atoms with Gasteiger partial charge in [0.15, 0.2) is 0 Å². The molecule has 1 aliphatic heterocycles. The summed E-state index contributed by atoms with van der Waals surface area (Å²) in [7, 11) is 0. The fourth-order valence-corrected chi connectivity index (χ4v) is 6.77. The first-order valence-corrected chi connectivity index (χ1v) is 13.3. The van der Waals surface area contributed by atoms with Crippen molar-refractivity contribution in [2.45, 2.75) is 23.9 Å². The molecule has 0 saturated heterocycles. The van der Waals surface area contributed by atoms with Crippen LogP contribution in [0.15, 0.2) is 109 Å². The fraction of sp³-hybridized carbons (Fsp3) is 0.118. The second-order valence-corrected chi connectivity index (χ2v) is 10.6. The number of hydrogen-bond acceptors (Lipinski definition) is 1. The van der Waals surface area contributed by atoms with E-state index in [0.29, 0.717) is 11.1 Å². The highest BCUT2D eigenvalue weighted by Gasteiger charge is 2.54. The molecule has 5 aromatic carbocycles. The van der Waals surface area contributed by atoms with E-state index in [0.717, 1.165) is 27.2 Å². The maximum Gasteiger partial charge on any atom is 0.418 e. The van der Waals surface area contributed by atoms with E-state index < -0.39 is 46.3 Å². The summed E-state index contributed by atoms with van der Waals surface area (Å²) < 4.78 is 129. The molecule has 10 heteroatoms. The van der Waals surface area contributed by atoms with Gasteiger partial charge in [-0.2, -0.15) is 39.5 Å². The quantitative estimate of drug-likeness (QED) is 0.167. The smallest absolute Gasteiger partial charge is 0.309 e. The largest absolute Gasteiger partial charge is 0.418 e. The van der Waals surface area contributed by atoms with E-state index in [1.807, 2.05) is 48.5 Å². The van der Waals surface area contributed by atoms with Gasteiger partial charge in [0.05, 0.1) is 39.2 Å². The highest BCUT2D eigenvalue weighted by molar-refractivity contribution is 5.96. The van der Waals surface area contributed by atoms with Gasteiger partial charge in [-0.1, -0.05) is 84.9 Å². The van der Waals surface area contributed by atoms with Crippen molar-refractivity contribution in [2.75, 3.05) is 4.90 Å². The van der Waals surface area contributed by atoms with Crippen molar-refractivity contribution in [3.05, 3.63) is 148 Å². The summed E-state index contributed by atoms with van der Waals surface area (Å²) in [5.74, 6) is 0. The zero-order chi connectivity index (χ0) is 31.2. The maximum atomic E-state index is 14.6. The van der Waals surface area contributed by atoms with E-state index in [9.17, 15) is 39.5 Å². The Bertz CT molecular complexity index is 1820. The van der Waals surface area contributed by atoms with Crippen molar-refractivity contribution in [1.29, 1.82) is 0 Å². The van der Waals surface area contributed by atoms with Crippen molar-refractivity contribution in [1.82, 2.24) is 0 Å².